The van der Waals surface area contributed by atoms with E-state index in [-0.39, 0.29) is 5.41 Å². The van der Waals surface area contributed by atoms with Crippen LogP contribution in [0.5, 0.6) is 11.5 Å². The molecule has 0 aliphatic carbocycles. The van der Waals surface area contributed by atoms with Gasteiger partial charge in [-0.2, -0.15) is 0 Å². The molecule has 0 fully saturated rings. The zero-order chi connectivity index (χ0) is 15.9. The van der Waals surface area contributed by atoms with Gasteiger partial charge in [-0.25, -0.2) is 0 Å². The molecule has 1 aromatic rings. The number of hydrogen-bond acceptors (Lipinski definition) is 4. The fraction of sp³-hybridized carbons (Fsp3) is 0.647. The van der Waals surface area contributed by atoms with E-state index in [9.17, 15) is 0 Å². The van der Waals surface area contributed by atoms with Crippen molar-refractivity contribution in [2.24, 2.45) is 11.1 Å². The molecule has 0 aliphatic rings. The summed E-state index contributed by atoms with van der Waals surface area (Å²) in [5.41, 5.74) is 7.14. The smallest absolute Gasteiger partial charge is 0.165 e. The number of nitrogens with two attached hydrogens (primary N) is 1. The lowest BCUT2D eigenvalue weighted by Crippen LogP contribution is -2.38. The van der Waals surface area contributed by atoms with Crippen molar-refractivity contribution in [3.63, 3.8) is 0 Å². The number of nitrogens with zero attached hydrogens (tertiary/aromatic N) is 1. The van der Waals surface area contributed by atoms with Crippen LogP contribution in [0.3, 0.4) is 0 Å². The minimum atomic E-state index is 0.112. The Morgan fingerprint density at radius 1 is 1.19 bits per heavy atom. The van der Waals surface area contributed by atoms with E-state index >= 15 is 0 Å². The Balaban J connectivity index is 2.93. The molecule has 1 rings (SSSR count). The van der Waals surface area contributed by atoms with Gasteiger partial charge in [0.15, 0.2) is 11.5 Å². The SMILES string of the molecule is CCCN(Cc1cccc(OC)c1OC)CC(C)(C)CN. The summed E-state index contributed by atoms with van der Waals surface area (Å²) in [4.78, 5) is 2.43. The second-order valence-corrected chi connectivity index (χ2v) is 6.23. The second kappa shape index (κ2) is 8.25. The molecule has 0 aromatic heterocycles. The van der Waals surface area contributed by atoms with Crippen molar-refractivity contribution < 1.29 is 9.47 Å². The molecule has 21 heavy (non-hydrogen) atoms. The first-order chi connectivity index (χ1) is 9.97. The maximum absolute atomic E-state index is 5.87. The molecule has 120 valence electrons. The fourth-order valence-corrected chi connectivity index (χ4v) is 2.52. The third-order valence-electron chi connectivity index (χ3n) is 3.62. The van der Waals surface area contributed by atoms with Gasteiger partial charge >= 0.3 is 0 Å². The first-order valence-corrected chi connectivity index (χ1v) is 7.59. The fourth-order valence-electron chi connectivity index (χ4n) is 2.52. The summed E-state index contributed by atoms with van der Waals surface area (Å²) in [6, 6.07) is 6.03. The van der Waals surface area contributed by atoms with Crippen LogP contribution in [-0.2, 0) is 6.54 Å². The number of para-hydroxylation sites is 1. The normalized spacial score (nSPS) is 11.8. The van der Waals surface area contributed by atoms with Gasteiger partial charge in [0.1, 0.15) is 0 Å². The quantitative estimate of drug-likeness (QED) is 0.761. The first-order valence-electron chi connectivity index (χ1n) is 7.59. The Kier molecular flexibility index (Phi) is 6.99. The summed E-state index contributed by atoms with van der Waals surface area (Å²) < 4.78 is 10.9. The van der Waals surface area contributed by atoms with E-state index in [1.807, 2.05) is 12.1 Å². The highest BCUT2D eigenvalue weighted by Crippen LogP contribution is 2.32. The average Bonchev–Trinajstić information content (AvgIpc) is 2.46. The number of ether oxygens (including phenoxy) is 2. The number of rotatable bonds is 9. The molecule has 0 spiro atoms. The van der Waals surface area contributed by atoms with Gasteiger partial charge < -0.3 is 15.2 Å². The molecule has 1 aromatic carbocycles. The number of hydrogen-bond donors (Lipinski definition) is 1. The molecule has 0 radical (unpaired) electrons. The molecule has 0 heterocycles. The maximum atomic E-state index is 5.87. The van der Waals surface area contributed by atoms with Crippen LogP contribution >= 0.6 is 0 Å². The Morgan fingerprint density at radius 3 is 2.43 bits per heavy atom. The first kappa shape index (κ1) is 17.8. The largest absolute Gasteiger partial charge is 0.493 e. The van der Waals surface area contributed by atoms with Crippen LogP contribution in [0.25, 0.3) is 0 Å². The zero-order valence-electron chi connectivity index (χ0n) is 14.1. The minimum absolute atomic E-state index is 0.112. The van der Waals surface area contributed by atoms with E-state index in [1.54, 1.807) is 14.2 Å². The third-order valence-corrected chi connectivity index (χ3v) is 3.62. The standard InChI is InChI=1S/C17H30N2O2/c1-6-10-19(13-17(2,3)12-18)11-14-8-7-9-15(20-4)16(14)21-5/h7-9H,6,10-13,18H2,1-5H3. The summed E-state index contributed by atoms with van der Waals surface area (Å²) in [5, 5.41) is 0. The van der Waals surface area contributed by atoms with Crippen molar-refractivity contribution in [3.8, 4) is 11.5 Å². The highest BCUT2D eigenvalue weighted by Gasteiger charge is 2.21. The molecular formula is C17H30N2O2. The summed E-state index contributed by atoms with van der Waals surface area (Å²) in [6.45, 7) is 10.2. The van der Waals surface area contributed by atoms with Gasteiger partial charge in [-0.3, -0.25) is 4.90 Å². The van der Waals surface area contributed by atoms with Gasteiger partial charge in [-0.05, 0) is 31.0 Å². The van der Waals surface area contributed by atoms with E-state index in [0.29, 0.717) is 6.54 Å². The monoisotopic (exact) mass is 294 g/mol. The van der Waals surface area contributed by atoms with Crippen molar-refractivity contribution in [2.75, 3.05) is 33.9 Å². The summed E-state index contributed by atoms with van der Waals surface area (Å²) in [5.74, 6) is 1.61. The second-order valence-electron chi connectivity index (χ2n) is 6.23. The Morgan fingerprint density at radius 2 is 1.90 bits per heavy atom. The van der Waals surface area contributed by atoms with E-state index < -0.39 is 0 Å². The molecule has 0 saturated heterocycles. The molecule has 0 unspecified atom stereocenters. The minimum Gasteiger partial charge on any atom is -0.493 e. The van der Waals surface area contributed by atoms with Crippen LogP contribution < -0.4 is 15.2 Å². The van der Waals surface area contributed by atoms with Crippen LogP contribution in [0.15, 0.2) is 18.2 Å². The van der Waals surface area contributed by atoms with Gasteiger partial charge in [-0.15, -0.1) is 0 Å². The molecule has 0 atom stereocenters. The van der Waals surface area contributed by atoms with E-state index in [2.05, 4.69) is 31.7 Å². The van der Waals surface area contributed by atoms with Crippen molar-refractivity contribution in [2.45, 2.75) is 33.7 Å². The Bertz CT molecular complexity index is 433. The summed E-state index contributed by atoms with van der Waals surface area (Å²) in [7, 11) is 3.36. The van der Waals surface area contributed by atoms with Crippen molar-refractivity contribution in [1.82, 2.24) is 4.90 Å². The molecule has 0 aliphatic heterocycles. The Labute approximate surface area is 129 Å². The van der Waals surface area contributed by atoms with Gasteiger partial charge in [-0.1, -0.05) is 32.9 Å². The maximum Gasteiger partial charge on any atom is 0.165 e. The molecule has 0 saturated carbocycles. The van der Waals surface area contributed by atoms with E-state index in [1.165, 1.54) is 0 Å². The predicted octanol–water partition coefficient (Wildman–Crippen LogP) is 2.90. The molecule has 0 bridgehead atoms. The lowest BCUT2D eigenvalue weighted by atomic mass is 9.92. The zero-order valence-corrected chi connectivity index (χ0v) is 14.1. The highest BCUT2D eigenvalue weighted by atomic mass is 16.5. The van der Waals surface area contributed by atoms with Crippen LogP contribution in [0.2, 0.25) is 0 Å². The predicted molar refractivity (Wildman–Crippen MR) is 87.9 cm³/mol. The molecule has 4 heteroatoms. The Hall–Kier alpha value is -1.26. The van der Waals surface area contributed by atoms with E-state index in [0.717, 1.165) is 43.1 Å². The van der Waals surface area contributed by atoms with Crippen molar-refractivity contribution in [3.05, 3.63) is 23.8 Å². The molecular weight excluding hydrogens is 264 g/mol. The van der Waals surface area contributed by atoms with Crippen LogP contribution in [0, 0.1) is 5.41 Å². The van der Waals surface area contributed by atoms with Crippen molar-refractivity contribution in [1.29, 1.82) is 0 Å². The highest BCUT2D eigenvalue weighted by molar-refractivity contribution is 5.46. The molecule has 0 amide bonds. The molecule has 4 nitrogen and oxygen atoms in total. The van der Waals surface area contributed by atoms with Gasteiger partial charge in [0, 0.05) is 18.7 Å². The van der Waals surface area contributed by atoms with Gasteiger partial charge in [0.25, 0.3) is 0 Å². The number of benzene rings is 1. The third kappa shape index (κ3) is 5.21. The van der Waals surface area contributed by atoms with Crippen LogP contribution in [-0.4, -0.2) is 38.8 Å². The van der Waals surface area contributed by atoms with E-state index in [4.69, 9.17) is 15.2 Å². The number of methoxy groups -OCH3 is 2. The lowest BCUT2D eigenvalue weighted by molar-refractivity contribution is 0.174. The van der Waals surface area contributed by atoms with Gasteiger partial charge in [0.2, 0.25) is 0 Å². The van der Waals surface area contributed by atoms with Crippen LogP contribution in [0.4, 0.5) is 0 Å². The average molecular weight is 294 g/mol. The van der Waals surface area contributed by atoms with Crippen molar-refractivity contribution >= 4 is 0 Å². The lowest BCUT2D eigenvalue weighted by Gasteiger charge is -2.32. The molecule has 2 N–H and O–H groups in total. The summed E-state index contributed by atoms with van der Waals surface area (Å²) >= 11 is 0. The topological polar surface area (TPSA) is 47.7 Å². The van der Waals surface area contributed by atoms with Gasteiger partial charge in [0.05, 0.1) is 14.2 Å². The van der Waals surface area contributed by atoms with Crippen LogP contribution in [0.1, 0.15) is 32.8 Å². The summed E-state index contributed by atoms with van der Waals surface area (Å²) in [6.07, 6.45) is 1.12.